The van der Waals surface area contributed by atoms with Gasteiger partial charge < -0.3 is 9.64 Å². The molecule has 0 aliphatic carbocycles. The maximum Gasteiger partial charge on any atom is 0.288 e. The minimum absolute atomic E-state index is 0.165. The van der Waals surface area contributed by atoms with Crippen LogP contribution in [0.3, 0.4) is 0 Å². The normalized spacial score (nSPS) is 17.1. The van der Waals surface area contributed by atoms with Gasteiger partial charge >= 0.3 is 0 Å². The Bertz CT molecular complexity index is 373. The molecule has 2 rings (SSSR count). The van der Waals surface area contributed by atoms with Gasteiger partial charge in [0.1, 0.15) is 5.69 Å². The predicted octanol–water partition coefficient (Wildman–Crippen LogP) is 0.369. The third-order valence-electron chi connectivity index (χ3n) is 2.11. The third-order valence-corrected chi connectivity index (χ3v) is 2.69. The second kappa shape index (κ2) is 4.10. The highest BCUT2D eigenvalue weighted by molar-refractivity contribution is 9.10. The molecule has 1 saturated heterocycles. The summed E-state index contributed by atoms with van der Waals surface area (Å²) in [5, 5.41) is 6.12. The summed E-state index contributed by atoms with van der Waals surface area (Å²) in [4.78, 5) is 13.5. The Balaban J connectivity index is 2.34. The van der Waals surface area contributed by atoms with E-state index in [1.54, 1.807) is 6.20 Å². The van der Waals surface area contributed by atoms with Gasteiger partial charge in [-0.2, -0.15) is 5.10 Å². The number of hydrogen-bond acceptors (Lipinski definition) is 4. The first-order chi connectivity index (χ1) is 6.79. The third kappa shape index (κ3) is 1.80. The van der Waals surface area contributed by atoms with Crippen LogP contribution in [0.25, 0.3) is 0 Å². The molecule has 1 aromatic rings. The Morgan fingerprint density at radius 3 is 2.86 bits per heavy atom. The topological polar surface area (TPSA) is 58.2 Å². The first-order valence-corrected chi connectivity index (χ1v) is 5.14. The van der Waals surface area contributed by atoms with Crippen LogP contribution >= 0.6 is 15.9 Å². The van der Waals surface area contributed by atoms with Crippen LogP contribution < -0.4 is 10.5 Å². The molecular weight excluding hydrogens is 250 g/mol. The molecule has 2 heterocycles. The van der Waals surface area contributed by atoms with E-state index in [1.165, 1.54) is 0 Å². The lowest BCUT2D eigenvalue weighted by atomic mass is 10.3. The number of morpholine rings is 1. The van der Waals surface area contributed by atoms with Crippen LogP contribution in [0.5, 0.6) is 0 Å². The summed E-state index contributed by atoms with van der Waals surface area (Å²) in [6, 6.07) is 0. The van der Waals surface area contributed by atoms with Crippen LogP contribution in [-0.4, -0.2) is 36.5 Å². The first-order valence-electron chi connectivity index (χ1n) is 4.35. The lowest BCUT2D eigenvalue weighted by molar-refractivity contribution is 0.122. The van der Waals surface area contributed by atoms with Crippen LogP contribution in [-0.2, 0) is 4.74 Å². The maximum absolute atomic E-state index is 11.5. The fourth-order valence-electron chi connectivity index (χ4n) is 1.45. The smallest absolute Gasteiger partial charge is 0.288 e. The van der Waals surface area contributed by atoms with Crippen molar-refractivity contribution in [3.05, 3.63) is 21.0 Å². The van der Waals surface area contributed by atoms with Crippen molar-refractivity contribution in [2.75, 3.05) is 31.2 Å². The Labute approximate surface area is 89.2 Å². The zero-order chi connectivity index (χ0) is 9.97. The molecule has 0 atom stereocenters. The second-order valence-corrected chi connectivity index (χ2v) is 3.85. The van der Waals surface area contributed by atoms with Gasteiger partial charge in [-0.15, -0.1) is 0 Å². The fourth-order valence-corrected chi connectivity index (χ4v) is 1.98. The minimum Gasteiger partial charge on any atom is -0.378 e. The van der Waals surface area contributed by atoms with Gasteiger partial charge in [-0.3, -0.25) is 4.79 Å². The summed E-state index contributed by atoms with van der Waals surface area (Å²) in [6.07, 6.45) is 1.59. The van der Waals surface area contributed by atoms with Crippen molar-refractivity contribution in [3.8, 4) is 0 Å². The van der Waals surface area contributed by atoms with Crippen LogP contribution in [0.4, 0.5) is 5.69 Å². The molecule has 0 bridgehead atoms. The average molecular weight is 260 g/mol. The van der Waals surface area contributed by atoms with Crippen LogP contribution in [0.15, 0.2) is 15.5 Å². The first kappa shape index (κ1) is 9.67. The SMILES string of the molecule is O=c1[nH]ncc(Br)c1N1CCOCC1. The summed E-state index contributed by atoms with van der Waals surface area (Å²) in [5.41, 5.74) is 0.476. The second-order valence-electron chi connectivity index (χ2n) is 3.00. The molecule has 1 N–H and O–H groups in total. The van der Waals surface area contributed by atoms with Crippen molar-refractivity contribution in [2.24, 2.45) is 0 Å². The molecule has 14 heavy (non-hydrogen) atoms. The van der Waals surface area contributed by atoms with E-state index in [2.05, 4.69) is 26.1 Å². The summed E-state index contributed by atoms with van der Waals surface area (Å²) in [5.74, 6) is 0. The molecule has 1 aliphatic heterocycles. The number of ether oxygens (including phenoxy) is 1. The molecule has 0 spiro atoms. The van der Waals surface area contributed by atoms with E-state index in [1.807, 2.05) is 4.90 Å². The average Bonchev–Trinajstić information content (AvgIpc) is 2.19. The quantitative estimate of drug-likeness (QED) is 0.792. The highest BCUT2D eigenvalue weighted by Gasteiger charge is 2.16. The van der Waals surface area contributed by atoms with Gasteiger partial charge in [0, 0.05) is 13.1 Å². The Morgan fingerprint density at radius 1 is 1.50 bits per heavy atom. The van der Waals surface area contributed by atoms with Gasteiger partial charge in [0.05, 0.1) is 23.9 Å². The van der Waals surface area contributed by atoms with Gasteiger partial charge in [0.25, 0.3) is 5.56 Å². The van der Waals surface area contributed by atoms with Crippen molar-refractivity contribution in [2.45, 2.75) is 0 Å². The van der Waals surface area contributed by atoms with Crippen molar-refractivity contribution in [3.63, 3.8) is 0 Å². The van der Waals surface area contributed by atoms with Crippen molar-refractivity contribution < 1.29 is 4.74 Å². The van der Waals surface area contributed by atoms with Crippen LogP contribution in [0.2, 0.25) is 0 Å². The van der Waals surface area contributed by atoms with Gasteiger partial charge in [-0.25, -0.2) is 5.10 Å². The van der Waals surface area contributed by atoms with Crippen molar-refractivity contribution in [1.82, 2.24) is 10.2 Å². The number of H-pyrrole nitrogens is 1. The number of halogens is 1. The van der Waals surface area contributed by atoms with Gasteiger partial charge in [-0.05, 0) is 15.9 Å². The highest BCUT2D eigenvalue weighted by Crippen LogP contribution is 2.20. The van der Waals surface area contributed by atoms with E-state index < -0.39 is 0 Å². The molecule has 1 aliphatic rings. The number of rotatable bonds is 1. The molecule has 1 aromatic heterocycles. The minimum atomic E-state index is -0.165. The number of nitrogens with zero attached hydrogens (tertiary/aromatic N) is 2. The van der Waals surface area contributed by atoms with Gasteiger partial charge in [-0.1, -0.05) is 0 Å². The monoisotopic (exact) mass is 259 g/mol. The van der Waals surface area contributed by atoms with Crippen LogP contribution in [0, 0.1) is 0 Å². The van der Waals surface area contributed by atoms with E-state index in [4.69, 9.17) is 4.74 Å². The Hall–Kier alpha value is -0.880. The molecule has 5 nitrogen and oxygen atoms in total. The standard InChI is InChI=1S/C8H10BrN3O2/c9-6-5-10-11-8(13)7(6)12-1-3-14-4-2-12/h5H,1-4H2,(H,11,13). The zero-order valence-electron chi connectivity index (χ0n) is 7.49. The van der Waals surface area contributed by atoms with Crippen LogP contribution in [0.1, 0.15) is 0 Å². The highest BCUT2D eigenvalue weighted by atomic mass is 79.9. The van der Waals surface area contributed by atoms with Crippen molar-refractivity contribution >= 4 is 21.6 Å². The molecule has 0 aromatic carbocycles. The lowest BCUT2D eigenvalue weighted by Gasteiger charge is -2.28. The Morgan fingerprint density at radius 2 is 2.21 bits per heavy atom. The molecule has 76 valence electrons. The molecular formula is C8H10BrN3O2. The van der Waals surface area contributed by atoms with E-state index in [-0.39, 0.29) is 5.56 Å². The van der Waals surface area contributed by atoms with E-state index in [0.29, 0.717) is 18.9 Å². The summed E-state index contributed by atoms with van der Waals surface area (Å²) >= 11 is 3.32. The van der Waals surface area contributed by atoms with Crippen molar-refractivity contribution in [1.29, 1.82) is 0 Å². The molecule has 6 heteroatoms. The number of aromatic amines is 1. The molecule has 0 radical (unpaired) electrons. The summed E-state index contributed by atoms with van der Waals surface area (Å²) < 4.78 is 5.94. The van der Waals surface area contributed by atoms with Gasteiger partial charge in [0.15, 0.2) is 0 Å². The maximum atomic E-state index is 11.5. The van der Waals surface area contributed by atoms with E-state index in [9.17, 15) is 4.79 Å². The molecule has 1 fully saturated rings. The zero-order valence-corrected chi connectivity index (χ0v) is 9.08. The number of nitrogens with one attached hydrogen (secondary N) is 1. The predicted molar refractivity (Wildman–Crippen MR) is 55.6 cm³/mol. The summed E-state index contributed by atoms with van der Waals surface area (Å²) in [7, 11) is 0. The molecule has 0 unspecified atom stereocenters. The molecule has 0 amide bonds. The van der Waals surface area contributed by atoms with E-state index >= 15 is 0 Å². The Kier molecular flexibility index (Phi) is 2.83. The summed E-state index contributed by atoms with van der Waals surface area (Å²) in [6.45, 7) is 2.81. The number of aromatic nitrogens is 2. The van der Waals surface area contributed by atoms with Gasteiger partial charge in [0.2, 0.25) is 0 Å². The number of hydrogen-bond donors (Lipinski definition) is 1. The molecule has 0 saturated carbocycles. The van der Waals surface area contributed by atoms with E-state index in [0.717, 1.165) is 17.6 Å². The lowest BCUT2D eigenvalue weighted by Crippen LogP contribution is -2.39. The fraction of sp³-hybridized carbons (Fsp3) is 0.500. The number of anilines is 1. The largest absolute Gasteiger partial charge is 0.378 e.